The van der Waals surface area contributed by atoms with Crippen molar-refractivity contribution in [3.05, 3.63) is 41.4 Å². The molecule has 0 spiro atoms. The number of rotatable bonds is 0. The van der Waals surface area contributed by atoms with Gasteiger partial charge in [-0.2, -0.15) is 10.5 Å². The molecule has 76 valence electrons. The summed E-state index contributed by atoms with van der Waals surface area (Å²) in [6.07, 6.45) is 4.86. The molecule has 0 atom stereocenters. The van der Waals surface area contributed by atoms with Gasteiger partial charge < -0.3 is 4.74 Å². The molecule has 0 fully saturated rings. The van der Waals surface area contributed by atoms with Crippen LogP contribution >= 0.6 is 0 Å². The summed E-state index contributed by atoms with van der Waals surface area (Å²) < 4.78 is 5.47. The minimum Gasteiger partial charge on any atom is -0.461 e. The maximum atomic E-state index is 8.87. The Labute approximate surface area is 92.7 Å². The molecule has 0 N–H and O–H groups in total. The predicted octanol–water partition coefficient (Wildman–Crippen LogP) is 2.18. The van der Waals surface area contributed by atoms with E-state index in [0.717, 1.165) is 0 Å². The van der Waals surface area contributed by atoms with E-state index in [1.807, 2.05) is 12.1 Å². The molecule has 4 nitrogen and oxygen atoms in total. The summed E-state index contributed by atoms with van der Waals surface area (Å²) in [7, 11) is 0. The average Bonchev–Trinajstić information content (AvgIpc) is 2.30. The Morgan fingerprint density at radius 2 is 2.12 bits per heavy atom. The first-order valence-electron chi connectivity index (χ1n) is 4.61. The van der Waals surface area contributed by atoms with Crippen molar-refractivity contribution >= 4 is 5.57 Å². The first-order chi connectivity index (χ1) is 7.76. The van der Waals surface area contributed by atoms with Gasteiger partial charge in [0, 0.05) is 23.5 Å². The number of fused-ring (bicyclic) bond motifs is 1. The molecule has 16 heavy (non-hydrogen) atoms. The van der Waals surface area contributed by atoms with E-state index in [1.165, 1.54) is 0 Å². The monoisotopic (exact) mass is 209 g/mol. The predicted molar refractivity (Wildman–Crippen MR) is 56.8 cm³/mol. The maximum absolute atomic E-state index is 8.87. The van der Waals surface area contributed by atoms with Gasteiger partial charge in [0.1, 0.15) is 29.2 Å². The van der Waals surface area contributed by atoms with Crippen LogP contribution in [-0.4, -0.2) is 4.98 Å². The van der Waals surface area contributed by atoms with Crippen LogP contribution in [0.4, 0.5) is 0 Å². The fraction of sp³-hybridized carbons (Fsp3) is 0.0833. The van der Waals surface area contributed by atoms with Crippen molar-refractivity contribution < 1.29 is 4.74 Å². The molecule has 1 aromatic heterocycles. The van der Waals surface area contributed by atoms with E-state index < -0.39 is 0 Å². The maximum Gasteiger partial charge on any atom is 0.137 e. The van der Waals surface area contributed by atoms with Crippen LogP contribution in [0.25, 0.3) is 5.57 Å². The first-order valence-corrected chi connectivity index (χ1v) is 4.61. The van der Waals surface area contributed by atoms with E-state index in [1.54, 1.807) is 31.5 Å². The quantitative estimate of drug-likeness (QED) is 0.614. The Morgan fingerprint density at radius 3 is 2.81 bits per heavy atom. The van der Waals surface area contributed by atoms with Gasteiger partial charge in [-0.05, 0) is 19.1 Å². The molecule has 0 aliphatic carbocycles. The van der Waals surface area contributed by atoms with Gasteiger partial charge in [0.25, 0.3) is 0 Å². The molecule has 1 aliphatic heterocycles. The lowest BCUT2D eigenvalue weighted by molar-refractivity contribution is 0.422. The Balaban J connectivity index is 2.72. The zero-order chi connectivity index (χ0) is 11.5. The van der Waals surface area contributed by atoms with Gasteiger partial charge in [-0.3, -0.25) is 4.98 Å². The van der Waals surface area contributed by atoms with Crippen molar-refractivity contribution in [1.29, 1.82) is 10.5 Å². The van der Waals surface area contributed by atoms with Gasteiger partial charge >= 0.3 is 0 Å². The highest BCUT2D eigenvalue weighted by molar-refractivity contribution is 5.85. The second kappa shape index (κ2) is 3.88. The number of nitrogens with zero attached hydrogens (tertiary/aromatic N) is 3. The first kappa shape index (κ1) is 9.95. The molecule has 1 aromatic rings. The molecule has 0 radical (unpaired) electrons. The molecule has 4 heteroatoms. The topological polar surface area (TPSA) is 69.7 Å². The smallest absolute Gasteiger partial charge is 0.137 e. The molecule has 0 aromatic carbocycles. The van der Waals surface area contributed by atoms with Crippen molar-refractivity contribution in [2.24, 2.45) is 0 Å². The van der Waals surface area contributed by atoms with E-state index in [4.69, 9.17) is 15.3 Å². The Morgan fingerprint density at radius 1 is 1.38 bits per heavy atom. The van der Waals surface area contributed by atoms with E-state index in [-0.39, 0.29) is 5.57 Å². The lowest BCUT2D eigenvalue weighted by atomic mass is 9.99. The van der Waals surface area contributed by atoms with Crippen LogP contribution in [0.5, 0.6) is 5.75 Å². The highest BCUT2D eigenvalue weighted by Gasteiger charge is 2.17. The third-order valence-corrected chi connectivity index (χ3v) is 2.18. The lowest BCUT2D eigenvalue weighted by Crippen LogP contribution is -2.03. The number of hydrogen-bond donors (Lipinski definition) is 0. The van der Waals surface area contributed by atoms with Crippen LogP contribution in [0.1, 0.15) is 12.5 Å². The summed E-state index contributed by atoms with van der Waals surface area (Å²) in [5.74, 6) is 1.27. The van der Waals surface area contributed by atoms with Gasteiger partial charge in [0.2, 0.25) is 0 Å². The number of allylic oxidation sites excluding steroid dienone is 4. The Hall–Kier alpha value is -2.59. The summed E-state index contributed by atoms with van der Waals surface area (Å²) in [5, 5.41) is 17.7. The van der Waals surface area contributed by atoms with Crippen LogP contribution in [0.2, 0.25) is 0 Å². The number of ether oxygens (including phenoxy) is 1. The molecular weight excluding hydrogens is 202 g/mol. The Kier molecular flexibility index (Phi) is 2.41. The fourth-order valence-electron chi connectivity index (χ4n) is 1.51. The van der Waals surface area contributed by atoms with Gasteiger partial charge in [-0.1, -0.05) is 0 Å². The van der Waals surface area contributed by atoms with Crippen LogP contribution in [0.3, 0.4) is 0 Å². The van der Waals surface area contributed by atoms with Gasteiger partial charge in [-0.25, -0.2) is 0 Å². The number of pyridine rings is 1. The fourth-order valence-corrected chi connectivity index (χ4v) is 1.51. The lowest BCUT2D eigenvalue weighted by Gasteiger charge is -2.17. The van der Waals surface area contributed by atoms with Crippen LogP contribution in [-0.2, 0) is 0 Å². The largest absolute Gasteiger partial charge is 0.461 e. The van der Waals surface area contributed by atoms with Crippen molar-refractivity contribution in [2.75, 3.05) is 0 Å². The molecule has 2 rings (SSSR count). The summed E-state index contributed by atoms with van der Waals surface area (Å²) in [5.41, 5.74) is 1.31. The zero-order valence-electron chi connectivity index (χ0n) is 8.56. The molecule has 2 heterocycles. The van der Waals surface area contributed by atoms with Crippen molar-refractivity contribution in [2.45, 2.75) is 6.92 Å². The molecule has 0 saturated carbocycles. The average molecular weight is 209 g/mol. The second-order valence-corrected chi connectivity index (χ2v) is 3.24. The molecule has 1 aliphatic rings. The standard InChI is InChI=1S/C12H7N3O/c1-8-4-10(9(5-13)6-14)11-7-15-3-2-12(11)16-8/h2-4,7H,1H3. The van der Waals surface area contributed by atoms with E-state index in [2.05, 4.69) is 4.98 Å². The summed E-state index contributed by atoms with van der Waals surface area (Å²) >= 11 is 0. The van der Waals surface area contributed by atoms with Crippen LogP contribution in [0, 0.1) is 22.7 Å². The second-order valence-electron chi connectivity index (χ2n) is 3.24. The van der Waals surface area contributed by atoms with Gasteiger partial charge in [-0.15, -0.1) is 0 Å². The molecular formula is C12H7N3O. The molecule has 0 unspecified atom stereocenters. The van der Waals surface area contributed by atoms with Crippen molar-refractivity contribution in [3.63, 3.8) is 0 Å². The SMILES string of the molecule is CC1=CC(=C(C#N)C#N)c2cnccc2O1. The molecule has 0 amide bonds. The minimum atomic E-state index is 0.0666. The summed E-state index contributed by atoms with van der Waals surface area (Å²) in [4.78, 5) is 3.96. The van der Waals surface area contributed by atoms with Crippen molar-refractivity contribution in [3.8, 4) is 17.9 Å². The molecule has 0 bridgehead atoms. The van der Waals surface area contributed by atoms with Gasteiger partial charge in [0.05, 0.1) is 0 Å². The zero-order valence-corrected chi connectivity index (χ0v) is 8.56. The minimum absolute atomic E-state index is 0.0666. The number of nitriles is 2. The van der Waals surface area contributed by atoms with E-state index in [9.17, 15) is 0 Å². The van der Waals surface area contributed by atoms with E-state index in [0.29, 0.717) is 22.6 Å². The van der Waals surface area contributed by atoms with Crippen LogP contribution in [0.15, 0.2) is 35.9 Å². The third kappa shape index (κ3) is 1.53. The third-order valence-electron chi connectivity index (χ3n) is 2.18. The van der Waals surface area contributed by atoms with Crippen LogP contribution < -0.4 is 4.74 Å². The van der Waals surface area contributed by atoms with Crippen molar-refractivity contribution in [1.82, 2.24) is 4.98 Å². The number of aromatic nitrogens is 1. The molecule has 0 saturated heterocycles. The number of hydrogen-bond acceptors (Lipinski definition) is 4. The van der Waals surface area contributed by atoms with Gasteiger partial charge in [0.15, 0.2) is 0 Å². The highest BCUT2D eigenvalue weighted by Crippen LogP contribution is 2.34. The summed E-state index contributed by atoms with van der Waals surface area (Å²) in [6, 6.07) is 5.45. The summed E-state index contributed by atoms with van der Waals surface area (Å²) in [6.45, 7) is 1.77. The van der Waals surface area contributed by atoms with E-state index >= 15 is 0 Å². The normalized spacial score (nSPS) is 12.7. The highest BCUT2D eigenvalue weighted by atomic mass is 16.5. The Bertz CT molecular complexity index is 569.